The highest BCUT2D eigenvalue weighted by atomic mass is 16.2. The summed E-state index contributed by atoms with van der Waals surface area (Å²) >= 11 is 0. The molecule has 0 aromatic heterocycles. The van der Waals surface area contributed by atoms with E-state index in [0.717, 1.165) is 25.1 Å². The van der Waals surface area contributed by atoms with E-state index in [9.17, 15) is 9.59 Å². The first-order valence-corrected chi connectivity index (χ1v) is 7.53. The molecule has 0 atom stereocenters. The summed E-state index contributed by atoms with van der Waals surface area (Å²) in [5.74, 6) is 0.228. The molecule has 0 spiro atoms. The van der Waals surface area contributed by atoms with Gasteiger partial charge in [-0.1, -0.05) is 30.3 Å². The molecule has 1 aromatic carbocycles. The third-order valence-electron chi connectivity index (χ3n) is 4.26. The smallest absolute Gasteiger partial charge is 0.232 e. The molecule has 21 heavy (non-hydrogen) atoms. The zero-order chi connectivity index (χ0) is 15.5. The van der Waals surface area contributed by atoms with Crippen LogP contribution < -0.4 is 0 Å². The van der Waals surface area contributed by atoms with Crippen LogP contribution in [-0.4, -0.2) is 47.8 Å². The molecule has 2 amide bonds. The van der Waals surface area contributed by atoms with Crippen LogP contribution in [0.25, 0.3) is 0 Å². The van der Waals surface area contributed by atoms with Gasteiger partial charge in [-0.15, -0.1) is 0 Å². The van der Waals surface area contributed by atoms with E-state index < -0.39 is 5.41 Å². The van der Waals surface area contributed by atoms with Gasteiger partial charge in [0.2, 0.25) is 11.8 Å². The van der Waals surface area contributed by atoms with Crippen LogP contribution in [0.1, 0.15) is 32.8 Å². The Balaban J connectivity index is 2.11. The van der Waals surface area contributed by atoms with Crippen LogP contribution in [0.15, 0.2) is 30.3 Å². The van der Waals surface area contributed by atoms with Gasteiger partial charge in [0.15, 0.2) is 0 Å². The zero-order valence-corrected chi connectivity index (χ0v) is 13.1. The normalized spacial score (nSPS) is 16.5. The van der Waals surface area contributed by atoms with Crippen molar-refractivity contribution in [3.63, 3.8) is 0 Å². The van der Waals surface area contributed by atoms with Gasteiger partial charge in [-0.3, -0.25) is 9.59 Å². The lowest BCUT2D eigenvalue weighted by Crippen LogP contribution is -2.45. The highest BCUT2D eigenvalue weighted by Crippen LogP contribution is 2.26. The van der Waals surface area contributed by atoms with Crippen molar-refractivity contribution in [2.24, 2.45) is 0 Å². The average molecular weight is 288 g/mol. The van der Waals surface area contributed by atoms with Crippen molar-refractivity contribution in [3.05, 3.63) is 35.9 Å². The zero-order valence-electron chi connectivity index (χ0n) is 13.1. The summed E-state index contributed by atoms with van der Waals surface area (Å²) in [4.78, 5) is 28.1. The molecule has 4 nitrogen and oxygen atoms in total. The van der Waals surface area contributed by atoms with Gasteiger partial charge in [-0.05, 0) is 25.8 Å². The Bertz CT molecular complexity index is 511. The van der Waals surface area contributed by atoms with Crippen LogP contribution in [-0.2, 0) is 15.0 Å². The van der Waals surface area contributed by atoms with Gasteiger partial charge in [0.1, 0.15) is 0 Å². The third-order valence-corrected chi connectivity index (χ3v) is 4.26. The molecule has 114 valence electrons. The van der Waals surface area contributed by atoms with Gasteiger partial charge in [0.25, 0.3) is 0 Å². The molecule has 1 fully saturated rings. The summed E-state index contributed by atoms with van der Waals surface area (Å²) in [5, 5.41) is 0. The fourth-order valence-electron chi connectivity index (χ4n) is 2.81. The molecule has 1 saturated heterocycles. The molecule has 1 aliphatic rings. The SMILES string of the molecule is CC(=O)N1CCCN(C(=O)C(C)(C)c2ccccc2)CC1. The Hall–Kier alpha value is -1.84. The van der Waals surface area contributed by atoms with Crippen molar-refractivity contribution in [2.75, 3.05) is 26.2 Å². The Morgan fingerprint density at radius 2 is 1.52 bits per heavy atom. The number of rotatable bonds is 2. The Labute approximate surface area is 126 Å². The number of amides is 2. The minimum atomic E-state index is -0.535. The average Bonchev–Trinajstić information content (AvgIpc) is 2.73. The number of carbonyl (C=O) groups is 2. The van der Waals surface area contributed by atoms with Gasteiger partial charge >= 0.3 is 0 Å². The van der Waals surface area contributed by atoms with Crippen LogP contribution in [0, 0.1) is 0 Å². The van der Waals surface area contributed by atoms with E-state index in [1.165, 1.54) is 0 Å². The first-order valence-electron chi connectivity index (χ1n) is 7.53. The maximum Gasteiger partial charge on any atom is 0.232 e. The van der Waals surface area contributed by atoms with Gasteiger partial charge in [-0.2, -0.15) is 0 Å². The molecule has 1 aliphatic heterocycles. The standard InChI is InChI=1S/C17H24N2O2/c1-14(20)18-10-7-11-19(13-12-18)16(21)17(2,3)15-8-5-4-6-9-15/h4-6,8-9H,7,10-13H2,1-3H3. The Morgan fingerprint density at radius 1 is 0.952 bits per heavy atom. The Morgan fingerprint density at radius 3 is 2.14 bits per heavy atom. The van der Waals surface area contributed by atoms with Crippen molar-refractivity contribution < 1.29 is 9.59 Å². The predicted molar refractivity (Wildman–Crippen MR) is 82.9 cm³/mol. The summed E-state index contributed by atoms with van der Waals surface area (Å²) in [6.07, 6.45) is 0.843. The molecule has 2 rings (SSSR count). The lowest BCUT2D eigenvalue weighted by Gasteiger charge is -2.31. The van der Waals surface area contributed by atoms with Crippen molar-refractivity contribution in [1.82, 2.24) is 9.80 Å². The van der Waals surface area contributed by atoms with E-state index in [4.69, 9.17) is 0 Å². The van der Waals surface area contributed by atoms with E-state index in [-0.39, 0.29) is 11.8 Å². The maximum atomic E-state index is 12.9. The summed E-state index contributed by atoms with van der Waals surface area (Å²) in [5.41, 5.74) is 0.495. The van der Waals surface area contributed by atoms with Crippen LogP contribution in [0.2, 0.25) is 0 Å². The van der Waals surface area contributed by atoms with E-state index >= 15 is 0 Å². The number of nitrogens with zero attached hydrogens (tertiary/aromatic N) is 2. The van der Waals surface area contributed by atoms with Gasteiger partial charge in [-0.25, -0.2) is 0 Å². The minimum Gasteiger partial charge on any atom is -0.341 e. The maximum absolute atomic E-state index is 12.9. The fraction of sp³-hybridized carbons (Fsp3) is 0.529. The second-order valence-electron chi connectivity index (χ2n) is 6.14. The second kappa shape index (κ2) is 6.29. The van der Waals surface area contributed by atoms with E-state index in [1.54, 1.807) is 6.92 Å². The summed E-state index contributed by atoms with van der Waals surface area (Å²) in [6, 6.07) is 9.88. The molecule has 4 heteroatoms. The number of hydrogen-bond donors (Lipinski definition) is 0. The Kier molecular flexibility index (Phi) is 4.66. The molecule has 0 unspecified atom stereocenters. The summed E-state index contributed by atoms with van der Waals surface area (Å²) in [6.45, 7) is 8.24. The summed E-state index contributed by atoms with van der Waals surface area (Å²) < 4.78 is 0. The first-order chi connectivity index (χ1) is 9.93. The lowest BCUT2D eigenvalue weighted by atomic mass is 9.83. The number of carbonyl (C=O) groups excluding carboxylic acids is 2. The molecule has 0 radical (unpaired) electrons. The lowest BCUT2D eigenvalue weighted by molar-refractivity contribution is -0.136. The molecule has 0 N–H and O–H groups in total. The first kappa shape index (κ1) is 15.5. The highest BCUT2D eigenvalue weighted by Gasteiger charge is 2.34. The third kappa shape index (κ3) is 3.43. The van der Waals surface area contributed by atoms with E-state index in [1.807, 2.05) is 54.0 Å². The van der Waals surface area contributed by atoms with Gasteiger partial charge in [0.05, 0.1) is 5.41 Å². The summed E-state index contributed by atoms with van der Waals surface area (Å²) in [7, 11) is 0. The minimum absolute atomic E-state index is 0.0895. The fourth-order valence-corrected chi connectivity index (χ4v) is 2.81. The van der Waals surface area contributed by atoms with Crippen LogP contribution in [0.4, 0.5) is 0 Å². The van der Waals surface area contributed by atoms with Crippen molar-refractivity contribution >= 4 is 11.8 Å². The molecule has 1 aromatic rings. The van der Waals surface area contributed by atoms with Crippen molar-refractivity contribution in [3.8, 4) is 0 Å². The predicted octanol–water partition coefficient (Wildman–Crippen LogP) is 2.04. The number of benzene rings is 1. The van der Waals surface area contributed by atoms with E-state index in [0.29, 0.717) is 13.1 Å². The molecule has 0 bridgehead atoms. The molecular formula is C17H24N2O2. The highest BCUT2D eigenvalue weighted by molar-refractivity contribution is 5.87. The number of hydrogen-bond acceptors (Lipinski definition) is 2. The molecular weight excluding hydrogens is 264 g/mol. The van der Waals surface area contributed by atoms with Crippen LogP contribution in [0.5, 0.6) is 0 Å². The van der Waals surface area contributed by atoms with Gasteiger partial charge < -0.3 is 9.80 Å². The molecule has 0 saturated carbocycles. The topological polar surface area (TPSA) is 40.6 Å². The second-order valence-corrected chi connectivity index (χ2v) is 6.14. The van der Waals surface area contributed by atoms with Crippen LogP contribution in [0.3, 0.4) is 0 Å². The molecule has 1 heterocycles. The van der Waals surface area contributed by atoms with E-state index in [2.05, 4.69) is 0 Å². The van der Waals surface area contributed by atoms with Crippen molar-refractivity contribution in [2.45, 2.75) is 32.6 Å². The largest absolute Gasteiger partial charge is 0.341 e. The quantitative estimate of drug-likeness (QED) is 0.835. The molecule has 0 aliphatic carbocycles. The van der Waals surface area contributed by atoms with Gasteiger partial charge in [0, 0.05) is 33.1 Å². The van der Waals surface area contributed by atoms with Crippen LogP contribution >= 0.6 is 0 Å². The monoisotopic (exact) mass is 288 g/mol. The van der Waals surface area contributed by atoms with Crippen molar-refractivity contribution in [1.29, 1.82) is 0 Å².